The van der Waals surface area contributed by atoms with Crippen molar-refractivity contribution in [1.29, 1.82) is 0 Å². The molecule has 1 aromatic carbocycles. The van der Waals surface area contributed by atoms with Crippen molar-refractivity contribution in [2.45, 2.75) is 31.2 Å². The van der Waals surface area contributed by atoms with Gasteiger partial charge in [-0.25, -0.2) is 8.78 Å². The molecule has 1 aromatic rings. The van der Waals surface area contributed by atoms with Gasteiger partial charge < -0.3 is 14.9 Å². The summed E-state index contributed by atoms with van der Waals surface area (Å²) in [5.74, 6) is -3.45. The normalized spacial score (nSPS) is 23.6. The van der Waals surface area contributed by atoms with Crippen molar-refractivity contribution < 1.29 is 23.5 Å². The number of anilines is 1. The smallest absolute Gasteiger partial charge is 0.267 e. The number of nitrogens with zero attached hydrogens (tertiary/aromatic N) is 2. The molecule has 2 fully saturated rings. The fourth-order valence-corrected chi connectivity index (χ4v) is 3.17. The number of amides is 2. The Morgan fingerprint density at radius 1 is 1.30 bits per heavy atom. The number of hydrogen-bond acceptors (Lipinski definition) is 3. The van der Waals surface area contributed by atoms with Crippen molar-refractivity contribution in [1.82, 2.24) is 4.90 Å². The van der Waals surface area contributed by atoms with Gasteiger partial charge in [-0.1, -0.05) is 0 Å². The summed E-state index contributed by atoms with van der Waals surface area (Å²) in [5, 5.41) is 9.21. The Morgan fingerprint density at radius 2 is 2.00 bits per heavy atom. The van der Waals surface area contributed by atoms with Gasteiger partial charge in [0.15, 0.2) is 0 Å². The molecule has 0 radical (unpaired) electrons. The molecule has 23 heavy (non-hydrogen) atoms. The number of aliphatic hydroxyl groups is 1. The number of rotatable bonds is 3. The minimum Gasteiger partial charge on any atom is -0.394 e. The average molecular weight is 324 g/mol. The van der Waals surface area contributed by atoms with Crippen LogP contribution in [-0.2, 0) is 4.79 Å². The Hall–Kier alpha value is -2.02. The van der Waals surface area contributed by atoms with Crippen LogP contribution in [-0.4, -0.2) is 53.5 Å². The molecule has 2 amide bonds. The third-order valence-corrected chi connectivity index (χ3v) is 4.35. The molecular weight excluding hydrogens is 306 g/mol. The number of benzene rings is 1. The van der Waals surface area contributed by atoms with Crippen LogP contribution in [0, 0.1) is 0 Å². The highest BCUT2D eigenvalue weighted by Gasteiger charge is 2.46. The predicted octanol–water partition coefficient (Wildman–Crippen LogP) is 1.66. The molecule has 124 valence electrons. The van der Waals surface area contributed by atoms with Gasteiger partial charge in [-0.2, -0.15) is 0 Å². The molecule has 2 aliphatic rings. The summed E-state index contributed by atoms with van der Waals surface area (Å²) in [6.45, 7) is -0.512. The Morgan fingerprint density at radius 3 is 2.57 bits per heavy atom. The first-order chi connectivity index (χ1) is 10.9. The van der Waals surface area contributed by atoms with Crippen LogP contribution in [0.15, 0.2) is 24.3 Å². The summed E-state index contributed by atoms with van der Waals surface area (Å²) < 4.78 is 26.9. The van der Waals surface area contributed by atoms with Crippen molar-refractivity contribution >= 4 is 17.5 Å². The van der Waals surface area contributed by atoms with E-state index in [0.717, 1.165) is 11.3 Å². The van der Waals surface area contributed by atoms with Crippen molar-refractivity contribution in [2.75, 3.05) is 24.6 Å². The van der Waals surface area contributed by atoms with Crippen LogP contribution < -0.4 is 4.90 Å². The van der Waals surface area contributed by atoms with Crippen molar-refractivity contribution in [3.63, 3.8) is 0 Å². The minimum absolute atomic E-state index is 0.0450. The zero-order valence-corrected chi connectivity index (χ0v) is 12.5. The maximum Gasteiger partial charge on any atom is 0.267 e. The highest BCUT2D eigenvalue weighted by atomic mass is 19.3. The van der Waals surface area contributed by atoms with E-state index < -0.39 is 37.4 Å². The summed E-state index contributed by atoms with van der Waals surface area (Å²) >= 11 is 0. The molecule has 1 atom stereocenters. The lowest BCUT2D eigenvalue weighted by atomic mass is 10.1. The van der Waals surface area contributed by atoms with Gasteiger partial charge in [0.2, 0.25) is 5.91 Å². The number of carbonyl (C=O) groups excluding carboxylic acids is 2. The van der Waals surface area contributed by atoms with E-state index >= 15 is 0 Å². The van der Waals surface area contributed by atoms with E-state index in [2.05, 4.69) is 0 Å². The lowest BCUT2D eigenvalue weighted by Gasteiger charge is -2.23. The van der Waals surface area contributed by atoms with Gasteiger partial charge in [0.1, 0.15) is 0 Å². The lowest BCUT2D eigenvalue weighted by molar-refractivity contribution is -0.117. The second-order valence-corrected chi connectivity index (χ2v) is 6.03. The Labute approximate surface area is 132 Å². The number of likely N-dealkylation sites (tertiary alicyclic amines) is 1. The van der Waals surface area contributed by atoms with Crippen LogP contribution in [0.3, 0.4) is 0 Å². The SMILES string of the molecule is O=C1CCCN1c1ccc(C(=O)N2CC(F)(F)CC2CO)cc1. The largest absolute Gasteiger partial charge is 0.394 e. The van der Waals surface area contributed by atoms with Gasteiger partial charge in [-0.3, -0.25) is 9.59 Å². The molecular formula is C16H18F2N2O3. The van der Waals surface area contributed by atoms with E-state index in [1.54, 1.807) is 17.0 Å². The molecule has 2 aliphatic heterocycles. The average Bonchev–Trinajstić information content (AvgIpc) is 3.09. The number of halogens is 2. The zero-order chi connectivity index (χ0) is 16.6. The van der Waals surface area contributed by atoms with Crippen LogP contribution in [0.2, 0.25) is 0 Å². The molecule has 1 unspecified atom stereocenters. The highest BCUT2D eigenvalue weighted by molar-refractivity contribution is 5.97. The minimum atomic E-state index is -2.97. The number of aliphatic hydroxyl groups excluding tert-OH is 1. The van der Waals surface area contributed by atoms with E-state index in [0.29, 0.717) is 18.7 Å². The Balaban J connectivity index is 1.76. The first kappa shape index (κ1) is 15.9. The summed E-state index contributed by atoms with van der Waals surface area (Å²) in [4.78, 5) is 26.8. The van der Waals surface area contributed by atoms with Crippen LogP contribution in [0.5, 0.6) is 0 Å². The molecule has 0 aromatic heterocycles. The van der Waals surface area contributed by atoms with Crippen LogP contribution in [0.4, 0.5) is 14.5 Å². The topological polar surface area (TPSA) is 60.9 Å². The second-order valence-electron chi connectivity index (χ2n) is 6.03. The van der Waals surface area contributed by atoms with Gasteiger partial charge in [-0.15, -0.1) is 0 Å². The fraction of sp³-hybridized carbons (Fsp3) is 0.500. The summed E-state index contributed by atoms with van der Waals surface area (Å²) in [6, 6.07) is 5.51. The van der Waals surface area contributed by atoms with Crippen LogP contribution >= 0.6 is 0 Å². The van der Waals surface area contributed by atoms with Crippen molar-refractivity contribution in [3.05, 3.63) is 29.8 Å². The van der Waals surface area contributed by atoms with E-state index in [4.69, 9.17) is 0 Å². The molecule has 2 heterocycles. The molecule has 0 saturated carbocycles. The number of carbonyl (C=O) groups is 2. The first-order valence-electron chi connectivity index (χ1n) is 7.61. The number of hydrogen-bond donors (Lipinski definition) is 1. The third-order valence-electron chi connectivity index (χ3n) is 4.35. The van der Waals surface area contributed by atoms with Gasteiger partial charge in [0, 0.05) is 30.6 Å². The van der Waals surface area contributed by atoms with Gasteiger partial charge in [0.25, 0.3) is 11.8 Å². The third kappa shape index (κ3) is 3.06. The van der Waals surface area contributed by atoms with Crippen LogP contribution in [0.25, 0.3) is 0 Å². The van der Waals surface area contributed by atoms with Crippen LogP contribution in [0.1, 0.15) is 29.6 Å². The van der Waals surface area contributed by atoms with E-state index in [1.165, 1.54) is 12.1 Å². The molecule has 0 spiro atoms. The second kappa shape index (κ2) is 5.88. The van der Waals surface area contributed by atoms with E-state index in [9.17, 15) is 23.5 Å². The Bertz CT molecular complexity index is 618. The van der Waals surface area contributed by atoms with Gasteiger partial charge in [0.05, 0.1) is 19.2 Å². The van der Waals surface area contributed by atoms with Crippen molar-refractivity contribution in [3.8, 4) is 0 Å². The maximum absolute atomic E-state index is 13.5. The molecule has 0 bridgehead atoms. The Kier molecular flexibility index (Phi) is 4.06. The summed E-state index contributed by atoms with van der Waals surface area (Å²) in [5.41, 5.74) is 0.978. The first-order valence-corrected chi connectivity index (χ1v) is 7.61. The highest BCUT2D eigenvalue weighted by Crippen LogP contribution is 2.33. The van der Waals surface area contributed by atoms with E-state index in [1.807, 2.05) is 0 Å². The zero-order valence-electron chi connectivity index (χ0n) is 12.5. The fourth-order valence-electron chi connectivity index (χ4n) is 3.17. The quantitative estimate of drug-likeness (QED) is 0.920. The molecule has 3 rings (SSSR count). The van der Waals surface area contributed by atoms with Gasteiger partial charge >= 0.3 is 0 Å². The monoisotopic (exact) mass is 324 g/mol. The standard InChI is InChI=1S/C16H18F2N2O3/c17-16(18)8-13(9-21)20(10-16)15(23)11-3-5-12(6-4-11)19-7-1-2-14(19)22/h3-6,13,21H,1-2,7-10H2. The summed E-state index contributed by atoms with van der Waals surface area (Å²) in [7, 11) is 0. The predicted molar refractivity (Wildman–Crippen MR) is 79.5 cm³/mol. The van der Waals surface area contributed by atoms with E-state index in [-0.39, 0.29) is 11.5 Å². The lowest BCUT2D eigenvalue weighted by Crippen LogP contribution is -2.38. The maximum atomic E-state index is 13.5. The van der Waals surface area contributed by atoms with Crippen molar-refractivity contribution in [2.24, 2.45) is 0 Å². The molecule has 7 heteroatoms. The number of alkyl halides is 2. The molecule has 2 saturated heterocycles. The molecule has 0 aliphatic carbocycles. The molecule has 1 N–H and O–H groups in total. The summed E-state index contributed by atoms with van der Waals surface area (Å²) in [6.07, 6.45) is 0.803. The molecule has 5 nitrogen and oxygen atoms in total. The van der Waals surface area contributed by atoms with Gasteiger partial charge in [-0.05, 0) is 30.7 Å².